The van der Waals surface area contributed by atoms with Gasteiger partial charge in [0.15, 0.2) is 0 Å². The molecule has 1 aliphatic carbocycles. The molecule has 1 amide bonds. The van der Waals surface area contributed by atoms with E-state index >= 15 is 0 Å². The van der Waals surface area contributed by atoms with E-state index in [1.165, 1.54) is 24.8 Å². The topological polar surface area (TPSA) is 57.6 Å². The summed E-state index contributed by atoms with van der Waals surface area (Å²) in [6, 6.07) is 2.84. The van der Waals surface area contributed by atoms with Crippen molar-refractivity contribution in [1.82, 2.24) is 4.90 Å². The summed E-state index contributed by atoms with van der Waals surface area (Å²) in [4.78, 5) is 24.5. The van der Waals surface area contributed by atoms with Gasteiger partial charge in [0.2, 0.25) is 5.91 Å². The second-order valence-corrected chi connectivity index (χ2v) is 7.64. The highest BCUT2D eigenvalue weighted by Gasteiger charge is 2.37. The normalized spacial score (nSPS) is 18.0. The second kappa shape index (κ2) is 9.38. The van der Waals surface area contributed by atoms with Gasteiger partial charge in [-0.1, -0.05) is 12.1 Å². The number of hydrogen-bond donors (Lipinski definition) is 1. The second-order valence-electron chi connectivity index (χ2n) is 7.64. The number of amides is 1. The highest BCUT2D eigenvalue weighted by Crippen LogP contribution is 2.41. The van der Waals surface area contributed by atoms with Gasteiger partial charge < -0.3 is 10.0 Å². The van der Waals surface area contributed by atoms with E-state index in [1.807, 2.05) is 0 Å². The number of aliphatic carboxylic acids is 1. The first-order valence-corrected chi connectivity index (χ1v) is 9.83. The van der Waals surface area contributed by atoms with Crippen molar-refractivity contribution >= 4 is 11.9 Å². The summed E-state index contributed by atoms with van der Waals surface area (Å²) in [5, 5.41) is 9.25. The molecule has 10 heteroatoms. The van der Waals surface area contributed by atoms with Crippen LogP contribution in [0.4, 0.5) is 26.3 Å². The zero-order chi connectivity index (χ0) is 24.4. The molecule has 0 aromatic heterocycles. The van der Waals surface area contributed by atoms with Crippen molar-refractivity contribution < 1.29 is 41.0 Å². The lowest BCUT2D eigenvalue weighted by Gasteiger charge is -2.30. The van der Waals surface area contributed by atoms with Gasteiger partial charge in [0.25, 0.3) is 0 Å². The number of allylic oxidation sites excluding steroid dienone is 3. The van der Waals surface area contributed by atoms with Crippen LogP contribution in [-0.2, 0) is 15.8 Å². The van der Waals surface area contributed by atoms with Gasteiger partial charge in [0, 0.05) is 25.9 Å². The standard InChI is InChI=1S/C22H23F6NO3/c1-4-29(13(3)30)11-16-10-17(21(23,24)25)5-6-19(16)15-7-14(12(2)20(31)32)8-18(9-15)22(26,27)28/h5,7-10,12,19H,4,6,11H2,1-3H3,(H,31,32). The number of carboxylic acids is 1. The smallest absolute Gasteiger partial charge is 0.416 e. The number of likely N-dealkylation sites (N-methyl/N-ethyl adjacent to an activating group) is 1. The molecule has 4 nitrogen and oxygen atoms in total. The molecular formula is C22H23F6NO3. The summed E-state index contributed by atoms with van der Waals surface area (Å²) in [6.45, 7) is 4.13. The molecule has 0 aliphatic heterocycles. The van der Waals surface area contributed by atoms with E-state index in [-0.39, 0.29) is 42.1 Å². The highest BCUT2D eigenvalue weighted by atomic mass is 19.4. The van der Waals surface area contributed by atoms with Crippen LogP contribution in [-0.4, -0.2) is 41.1 Å². The van der Waals surface area contributed by atoms with Gasteiger partial charge in [-0.05, 0) is 55.2 Å². The van der Waals surface area contributed by atoms with Crippen molar-refractivity contribution in [2.24, 2.45) is 0 Å². The Hall–Kier alpha value is -2.78. The molecule has 0 heterocycles. The lowest BCUT2D eigenvalue weighted by molar-refractivity contribution is -0.140. The lowest BCUT2D eigenvalue weighted by atomic mass is 9.80. The zero-order valence-corrected chi connectivity index (χ0v) is 17.6. The van der Waals surface area contributed by atoms with Crippen molar-refractivity contribution in [2.45, 2.75) is 51.4 Å². The number of nitrogens with zero attached hydrogens (tertiary/aromatic N) is 1. The van der Waals surface area contributed by atoms with Crippen molar-refractivity contribution in [2.75, 3.05) is 13.1 Å². The Labute approximate surface area is 181 Å². The molecule has 0 saturated heterocycles. The summed E-state index contributed by atoms with van der Waals surface area (Å²) in [7, 11) is 0. The largest absolute Gasteiger partial charge is 0.481 e. The van der Waals surface area contributed by atoms with Crippen LogP contribution >= 0.6 is 0 Å². The van der Waals surface area contributed by atoms with Crippen LogP contribution in [0.5, 0.6) is 0 Å². The minimum atomic E-state index is -4.77. The Morgan fingerprint density at radius 3 is 2.22 bits per heavy atom. The molecule has 32 heavy (non-hydrogen) atoms. The first-order chi connectivity index (χ1) is 14.6. The van der Waals surface area contributed by atoms with Crippen LogP contribution in [0.25, 0.3) is 0 Å². The van der Waals surface area contributed by atoms with Gasteiger partial charge >= 0.3 is 18.3 Å². The number of carbonyl (C=O) groups is 2. The number of carboxylic acid groups (broad SMARTS) is 1. The van der Waals surface area contributed by atoms with Crippen molar-refractivity contribution in [3.63, 3.8) is 0 Å². The van der Waals surface area contributed by atoms with Crippen LogP contribution in [0.1, 0.15) is 55.7 Å². The van der Waals surface area contributed by atoms with Gasteiger partial charge in [-0.15, -0.1) is 0 Å². The molecule has 0 saturated carbocycles. The third-order valence-electron chi connectivity index (χ3n) is 5.47. The highest BCUT2D eigenvalue weighted by molar-refractivity contribution is 5.76. The summed E-state index contributed by atoms with van der Waals surface area (Å²) < 4.78 is 80.4. The molecule has 0 spiro atoms. The maximum absolute atomic E-state index is 13.5. The summed E-state index contributed by atoms with van der Waals surface area (Å²) >= 11 is 0. The van der Waals surface area contributed by atoms with E-state index in [0.717, 1.165) is 24.3 Å². The monoisotopic (exact) mass is 463 g/mol. The number of halogens is 6. The predicted molar refractivity (Wildman–Crippen MR) is 105 cm³/mol. The fourth-order valence-electron chi connectivity index (χ4n) is 3.56. The fourth-order valence-corrected chi connectivity index (χ4v) is 3.56. The quantitative estimate of drug-likeness (QED) is 0.554. The Morgan fingerprint density at radius 1 is 1.12 bits per heavy atom. The Bertz CT molecular complexity index is 946. The van der Waals surface area contributed by atoms with E-state index in [2.05, 4.69) is 0 Å². The molecule has 1 N–H and O–H groups in total. The van der Waals surface area contributed by atoms with E-state index in [1.54, 1.807) is 6.92 Å². The Balaban J connectivity index is 2.63. The SMILES string of the molecule is CCN(CC1=CC(C(F)(F)F)=CCC1c1cc(C(C)C(=O)O)cc(C(F)(F)F)c1)C(C)=O. The minimum absolute atomic E-state index is 0.0475. The molecular weight excluding hydrogens is 440 g/mol. The maximum atomic E-state index is 13.5. The van der Waals surface area contributed by atoms with Crippen molar-refractivity contribution in [3.05, 3.63) is 58.2 Å². The van der Waals surface area contributed by atoms with E-state index in [0.29, 0.717) is 0 Å². The Kier molecular flexibility index (Phi) is 7.47. The van der Waals surface area contributed by atoms with E-state index in [9.17, 15) is 41.0 Å². The van der Waals surface area contributed by atoms with Gasteiger partial charge in [-0.2, -0.15) is 26.3 Å². The zero-order valence-electron chi connectivity index (χ0n) is 17.6. The number of hydrogen-bond acceptors (Lipinski definition) is 2. The molecule has 1 aromatic rings. The summed E-state index contributed by atoms with van der Waals surface area (Å²) in [5.41, 5.74) is -1.95. The average Bonchev–Trinajstić information content (AvgIpc) is 2.69. The van der Waals surface area contributed by atoms with Crippen LogP contribution in [0.15, 0.2) is 41.5 Å². The average molecular weight is 463 g/mol. The first kappa shape index (κ1) is 25.5. The molecule has 0 bridgehead atoms. The Morgan fingerprint density at radius 2 is 1.75 bits per heavy atom. The molecule has 2 atom stereocenters. The predicted octanol–water partition coefficient (Wildman–Crippen LogP) is 5.66. The van der Waals surface area contributed by atoms with E-state index in [4.69, 9.17) is 0 Å². The number of carbonyl (C=O) groups excluding carboxylic acids is 1. The molecule has 1 aliphatic rings. The third kappa shape index (κ3) is 5.92. The van der Waals surface area contributed by atoms with Crippen LogP contribution < -0.4 is 0 Å². The lowest BCUT2D eigenvalue weighted by Crippen LogP contribution is -2.32. The van der Waals surface area contributed by atoms with Gasteiger partial charge in [-0.25, -0.2) is 0 Å². The first-order valence-electron chi connectivity index (χ1n) is 9.83. The molecule has 0 radical (unpaired) electrons. The summed E-state index contributed by atoms with van der Waals surface area (Å²) in [6.07, 6.45) is -7.90. The van der Waals surface area contributed by atoms with E-state index < -0.39 is 41.3 Å². The molecule has 176 valence electrons. The van der Waals surface area contributed by atoms with Crippen molar-refractivity contribution in [3.8, 4) is 0 Å². The summed E-state index contributed by atoms with van der Waals surface area (Å²) in [5.74, 6) is -3.85. The van der Waals surface area contributed by atoms with Crippen LogP contribution in [0.3, 0.4) is 0 Å². The molecule has 2 unspecified atom stereocenters. The molecule has 2 rings (SSSR count). The number of alkyl halides is 6. The van der Waals surface area contributed by atoms with Crippen LogP contribution in [0, 0.1) is 0 Å². The van der Waals surface area contributed by atoms with Crippen molar-refractivity contribution in [1.29, 1.82) is 0 Å². The third-order valence-corrected chi connectivity index (χ3v) is 5.47. The number of benzene rings is 1. The molecule has 0 fully saturated rings. The van der Waals surface area contributed by atoms with Crippen LogP contribution in [0.2, 0.25) is 0 Å². The number of rotatable bonds is 6. The minimum Gasteiger partial charge on any atom is -0.481 e. The maximum Gasteiger partial charge on any atom is 0.416 e. The molecule has 1 aromatic carbocycles. The van der Waals surface area contributed by atoms with Gasteiger partial charge in [-0.3, -0.25) is 9.59 Å². The van der Waals surface area contributed by atoms with Gasteiger partial charge in [0.1, 0.15) is 0 Å². The van der Waals surface area contributed by atoms with Gasteiger partial charge in [0.05, 0.1) is 17.1 Å². The fraction of sp³-hybridized carbons (Fsp3) is 0.455.